The van der Waals surface area contributed by atoms with E-state index >= 15 is 4.57 Å². The molecule has 0 amide bonds. The Labute approximate surface area is 463 Å². The Morgan fingerprint density at radius 3 is 1.91 bits per heavy atom. The normalized spacial score (nSPS) is 23.6. The molecule has 0 saturated carbocycles. The maximum Gasteiger partial charge on any atom is 0.475 e. The number of fused-ring (bicyclic) bond motifs is 1. The third kappa shape index (κ3) is 10.4. The number of anilines is 1. The standard InChI is InChI=1S/C59H64N7O12PSi/c1-38-34-65(57(68)64-56(38)67)50-33-48(78-80(58(2,3)4,44-18-12-8-13-19-44)45-20-14-9-15-21-45)53(75-50)46-30-31-73-79(69,76-46)77-47-32-51(66-37-63-52-54(60)61-36-62-55(52)66)74-49(47)35-72-59(39-16-10-7-11-17-39,40-22-26-42(70-5)27-23-40)41-24-28-43(71-6)29-25-41/h7-29,34,36-37,46-51,53H,30-33,35H2,1-6H3,(H2,60,61,62)(H,64,67,68)/t46-,47+,48+,49-,50-,51-,53-,79+/m1/s1. The number of aromatic nitrogens is 6. The number of ether oxygens (including phenoxy) is 5. The van der Waals surface area contributed by atoms with Gasteiger partial charge in [-0.25, -0.2) is 24.3 Å². The number of hydrogen-bond donors (Lipinski definition) is 2. The van der Waals surface area contributed by atoms with Gasteiger partial charge in [0, 0.05) is 31.0 Å². The molecule has 0 aliphatic carbocycles. The van der Waals surface area contributed by atoms with Crippen molar-refractivity contribution >= 4 is 43.5 Å². The molecule has 416 valence electrons. The average Bonchev–Trinajstić information content (AvgIpc) is 4.33. The number of hydrogen-bond acceptors (Lipinski definition) is 16. The molecule has 3 saturated heterocycles. The minimum absolute atomic E-state index is 0.0390. The molecule has 19 nitrogen and oxygen atoms in total. The summed E-state index contributed by atoms with van der Waals surface area (Å²) in [5.74, 6) is 1.51. The van der Waals surface area contributed by atoms with Crippen LogP contribution in [0.5, 0.6) is 11.5 Å². The molecule has 3 aliphatic heterocycles. The predicted octanol–water partition coefficient (Wildman–Crippen LogP) is 8.11. The van der Waals surface area contributed by atoms with Crippen molar-refractivity contribution in [3.8, 4) is 11.5 Å². The van der Waals surface area contributed by atoms with E-state index in [-0.39, 0.29) is 38.3 Å². The zero-order valence-electron chi connectivity index (χ0n) is 45.2. The molecule has 80 heavy (non-hydrogen) atoms. The van der Waals surface area contributed by atoms with Gasteiger partial charge >= 0.3 is 13.5 Å². The van der Waals surface area contributed by atoms with Crippen molar-refractivity contribution in [2.45, 2.75) is 101 Å². The van der Waals surface area contributed by atoms with E-state index in [1.54, 1.807) is 32.0 Å². The van der Waals surface area contributed by atoms with Gasteiger partial charge in [0.1, 0.15) is 65.8 Å². The molecule has 8 atom stereocenters. The monoisotopic (exact) mass is 1120 g/mol. The lowest BCUT2D eigenvalue weighted by molar-refractivity contribution is -0.112. The summed E-state index contributed by atoms with van der Waals surface area (Å²) in [7, 11) is -4.62. The number of nitrogens with zero attached hydrogens (tertiary/aromatic N) is 5. The van der Waals surface area contributed by atoms with E-state index in [4.69, 9.17) is 47.4 Å². The molecule has 3 aromatic heterocycles. The molecule has 11 rings (SSSR count). The van der Waals surface area contributed by atoms with Gasteiger partial charge in [0.2, 0.25) is 0 Å². The number of nitrogens with one attached hydrogen (secondary N) is 1. The van der Waals surface area contributed by atoms with Gasteiger partial charge in [-0.2, -0.15) is 0 Å². The van der Waals surface area contributed by atoms with Crippen LogP contribution in [0.2, 0.25) is 5.04 Å². The number of benzene rings is 5. The topological polar surface area (TPSA) is 225 Å². The maximum absolute atomic E-state index is 15.6. The Morgan fingerprint density at radius 1 is 0.738 bits per heavy atom. The molecule has 6 heterocycles. The zero-order valence-corrected chi connectivity index (χ0v) is 47.1. The van der Waals surface area contributed by atoms with Gasteiger partial charge in [-0.1, -0.05) is 136 Å². The first-order valence-electron chi connectivity index (χ1n) is 26.6. The summed E-state index contributed by atoms with van der Waals surface area (Å²) in [5.41, 5.74) is 7.38. The number of aryl methyl sites for hydroxylation is 1. The predicted molar refractivity (Wildman–Crippen MR) is 302 cm³/mol. The van der Waals surface area contributed by atoms with E-state index in [0.717, 1.165) is 27.1 Å². The third-order valence-corrected chi connectivity index (χ3v) is 22.0. The van der Waals surface area contributed by atoms with Crippen LogP contribution < -0.4 is 36.8 Å². The van der Waals surface area contributed by atoms with Crippen LogP contribution >= 0.6 is 7.82 Å². The van der Waals surface area contributed by atoms with E-state index < -0.39 is 81.0 Å². The summed E-state index contributed by atoms with van der Waals surface area (Å²) in [5, 5.41) is 1.60. The summed E-state index contributed by atoms with van der Waals surface area (Å²) < 4.78 is 78.4. The average molecular weight is 1120 g/mol. The Bertz CT molecular complexity index is 3520. The van der Waals surface area contributed by atoms with E-state index in [9.17, 15) is 9.59 Å². The maximum atomic E-state index is 15.6. The lowest BCUT2D eigenvalue weighted by Gasteiger charge is -2.46. The molecule has 3 aliphatic rings. The smallest absolute Gasteiger partial charge is 0.475 e. The molecule has 0 unspecified atom stereocenters. The van der Waals surface area contributed by atoms with Gasteiger partial charge in [-0.05, 0) is 63.3 Å². The summed E-state index contributed by atoms with van der Waals surface area (Å²) >= 11 is 0. The van der Waals surface area contributed by atoms with Crippen molar-refractivity contribution in [1.82, 2.24) is 29.1 Å². The first-order chi connectivity index (χ1) is 38.6. The minimum Gasteiger partial charge on any atom is -0.497 e. The summed E-state index contributed by atoms with van der Waals surface area (Å²) in [6.45, 7) is 8.00. The molecule has 8 aromatic rings. The lowest BCUT2D eigenvalue weighted by Crippen LogP contribution is -2.68. The van der Waals surface area contributed by atoms with Crippen molar-refractivity contribution in [1.29, 1.82) is 0 Å². The fraction of sp³-hybridized carbons (Fsp3) is 0.339. The van der Waals surface area contributed by atoms with Gasteiger partial charge < -0.3 is 33.8 Å². The van der Waals surface area contributed by atoms with Crippen LogP contribution in [-0.4, -0.2) is 95.3 Å². The quantitative estimate of drug-likeness (QED) is 0.0499. The highest BCUT2D eigenvalue weighted by Gasteiger charge is 2.57. The van der Waals surface area contributed by atoms with Crippen molar-refractivity contribution in [2.24, 2.45) is 0 Å². The van der Waals surface area contributed by atoms with Crippen LogP contribution in [0, 0.1) is 6.92 Å². The molecule has 0 spiro atoms. The van der Waals surface area contributed by atoms with E-state index in [0.29, 0.717) is 28.2 Å². The number of methoxy groups -OCH3 is 2. The number of imidazole rings is 1. The lowest BCUT2D eigenvalue weighted by atomic mass is 9.80. The van der Waals surface area contributed by atoms with E-state index in [1.807, 2.05) is 115 Å². The fourth-order valence-corrected chi connectivity index (χ4v) is 17.8. The van der Waals surface area contributed by atoms with Crippen molar-refractivity contribution < 1.29 is 46.2 Å². The van der Waals surface area contributed by atoms with Crippen LogP contribution in [0.3, 0.4) is 0 Å². The molecule has 0 radical (unpaired) electrons. The van der Waals surface area contributed by atoms with Gasteiger partial charge in [0.05, 0.1) is 39.9 Å². The Morgan fingerprint density at radius 2 is 1.31 bits per heavy atom. The van der Waals surface area contributed by atoms with Gasteiger partial charge in [-0.3, -0.25) is 32.5 Å². The second kappa shape index (κ2) is 22.4. The SMILES string of the molecule is COc1ccc(C(OC[C@H]2O[C@@H](n3cnc4c(N)ncnc43)C[C@@H]2O[P@@]2(=O)OCC[C@H]([C@H]3O[C@@H](n4cc(C)c(=O)[nH]c4=O)C[C@@H]3O[Si](c3ccccc3)(c3ccccc3)C(C)(C)C)O2)(c2ccccc2)c2ccc(OC)cc2)cc1. The number of phosphoric acid groups is 1. The largest absolute Gasteiger partial charge is 0.497 e. The van der Waals surface area contributed by atoms with Crippen LogP contribution in [0.15, 0.2) is 168 Å². The first-order valence-corrected chi connectivity index (χ1v) is 29.9. The first kappa shape index (κ1) is 54.8. The van der Waals surface area contributed by atoms with E-state index in [2.05, 4.69) is 65.0 Å². The number of rotatable bonds is 17. The van der Waals surface area contributed by atoms with Gasteiger partial charge in [0.15, 0.2) is 11.5 Å². The van der Waals surface area contributed by atoms with Crippen molar-refractivity contribution in [3.05, 3.63) is 201 Å². The molecule has 21 heteroatoms. The Kier molecular flexibility index (Phi) is 15.4. The number of nitrogen functional groups attached to an aromatic ring is 1. The Hall–Kier alpha value is -7.10. The highest BCUT2D eigenvalue weighted by Crippen LogP contribution is 2.58. The molecule has 3 fully saturated rings. The highest BCUT2D eigenvalue weighted by atomic mass is 31.2. The molecular formula is C59H64N7O12PSi. The van der Waals surface area contributed by atoms with Crippen LogP contribution in [0.25, 0.3) is 11.2 Å². The second-order valence-electron chi connectivity index (χ2n) is 21.2. The van der Waals surface area contributed by atoms with Gasteiger partial charge in [0.25, 0.3) is 13.9 Å². The third-order valence-electron chi connectivity index (χ3n) is 15.4. The molecular weight excluding hydrogens is 1060 g/mol. The highest BCUT2D eigenvalue weighted by molar-refractivity contribution is 7.48. The van der Waals surface area contributed by atoms with Crippen LogP contribution in [0.4, 0.5) is 5.82 Å². The number of nitrogens with two attached hydrogens (primary N) is 1. The van der Waals surface area contributed by atoms with Crippen LogP contribution in [0.1, 0.15) is 74.7 Å². The van der Waals surface area contributed by atoms with Crippen molar-refractivity contribution in [2.75, 3.05) is 33.2 Å². The van der Waals surface area contributed by atoms with Crippen LogP contribution in [-0.2, 0) is 42.4 Å². The summed E-state index contributed by atoms with van der Waals surface area (Å²) in [6.07, 6.45) is -1.27. The van der Waals surface area contributed by atoms with E-state index in [1.165, 1.54) is 17.1 Å². The molecule has 0 bridgehead atoms. The summed E-state index contributed by atoms with van der Waals surface area (Å²) in [4.78, 5) is 41.9. The van der Waals surface area contributed by atoms with Crippen molar-refractivity contribution in [3.63, 3.8) is 0 Å². The minimum atomic E-state index is -4.54. The second-order valence-corrected chi connectivity index (χ2v) is 27.0. The molecule has 5 aromatic carbocycles. The number of H-pyrrole nitrogens is 1. The Balaban J connectivity index is 0.962. The summed E-state index contributed by atoms with van der Waals surface area (Å²) in [6, 6.07) is 45.6. The fourth-order valence-electron chi connectivity index (χ4n) is 11.5. The van der Waals surface area contributed by atoms with Gasteiger partial charge in [-0.15, -0.1) is 0 Å². The zero-order chi connectivity index (χ0) is 55.8. The number of phosphoric ester groups is 1. The number of aromatic amines is 1. The molecule has 3 N–H and O–H groups in total.